The van der Waals surface area contributed by atoms with Crippen LogP contribution in [0, 0.1) is 12.8 Å². The molecule has 1 atom stereocenters. The SMILES string of the molecule is [CH2-]CCC=CCCCCC(C)CC.[Li+]. The molecule has 0 bridgehead atoms. The first-order chi connectivity index (χ1) is 6.31. The molecule has 0 fully saturated rings. The molecule has 0 spiro atoms. The van der Waals surface area contributed by atoms with Crippen LogP contribution in [0.3, 0.4) is 0 Å². The number of hydrogen-bond acceptors (Lipinski definition) is 0. The van der Waals surface area contributed by atoms with Gasteiger partial charge in [-0.25, -0.2) is 0 Å². The summed E-state index contributed by atoms with van der Waals surface area (Å²) in [6, 6.07) is 0. The number of allylic oxidation sites excluding steroid dienone is 2. The fourth-order valence-electron chi connectivity index (χ4n) is 1.31. The maximum absolute atomic E-state index is 3.80. The molecular weight excluding hydrogens is 163 g/mol. The van der Waals surface area contributed by atoms with Gasteiger partial charge in [-0.1, -0.05) is 51.7 Å². The zero-order valence-electron chi connectivity index (χ0n) is 10.4. The van der Waals surface area contributed by atoms with Crippen LogP contribution in [0.25, 0.3) is 0 Å². The Morgan fingerprint density at radius 2 is 1.79 bits per heavy atom. The summed E-state index contributed by atoms with van der Waals surface area (Å²) in [5, 5.41) is 0. The number of hydrogen-bond donors (Lipinski definition) is 0. The van der Waals surface area contributed by atoms with Crippen molar-refractivity contribution in [2.24, 2.45) is 5.92 Å². The predicted molar refractivity (Wildman–Crippen MR) is 61.7 cm³/mol. The van der Waals surface area contributed by atoms with E-state index in [4.69, 9.17) is 0 Å². The molecule has 0 heterocycles. The Bertz CT molecular complexity index is 118. The van der Waals surface area contributed by atoms with Gasteiger partial charge in [0.25, 0.3) is 0 Å². The Hall–Kier alpha value is 0.337. The van der Waals surface area contributed by atoms with Crippen molar-refractivity contribution in [2.45, 2.75) is 58.8 Å². The summed E-state index contributed by atoms with van der Waals surface area (Å²) in [4.78, 5) is 0. The van der Waals surface area contributed by atoms with E-state index >= 15 is 0 Å². The molecule has 0 N–H and O–H groups in total. The molecule has 0 aliphatic carbocycles. The van der Waals surface area contributed by atoms with Crippen LogP contribution in [0.4, 0.5) is 0 Å². The fourth-order valence-corrected chi connectivity index (χ4v) is 1.31. The molecular formula is C13H25Li. The minimum atomic E-state index is 0. The van der Waals surface area contributed by atoms with Gasteiger partial charge in [-0.3, -0.25) is 0 Å². The van der Waals surface area contributed by atoms with Crippen molar-refractivity contribution in [1.29, 1.82) is 0 Å². The van der Waals surface area contributed by atoms with E-state index in [1.165, 1.54) is 32.1 Å². The Morgan fingerprint density at radius 3 is 2.36 bits per heavy atom. The largest absolute Gasteiger partial charge is 1.00 e. The smallest absolute Gasteiger partial charge is 0.343 e. The van der Waals surface area contributed by atoms with Crippen LogP contribution in [0.1, 0.15) is 58.8 Å². The molecule has 1 heteroatoms. The molecule has 1 unspecified atom stereocenters. The predicted octanol–water partition coefficient (Wildman–Crippen LogP) is 1.77. The summed E-state index contributed by atoms with van der Waals surface area (Å²) >= 11 is 0. The molecule has 0 saturated heterocycles. The molecule has 0 amide bonds. The summed E-state index contributed by atoms with van der Waals surface area (Å²) < 4.78 is 0. The van der Waals surface area contributed by atoms with Crippen LogP contribution < -0.4 is 18.9 Å². The summed E-state index contributed by atoms with van der Waals surface area (Å²) in [7, 11) is 0. The first kappa shape index (κ1) is 16.8. The van der Waals surface area contributed by atoms with Crippen molar-refractivity contribution >= 4 is 0 Å². The second-order valence-electron chi connectivity index (χ2n) is 3.91. The van der Waals surface area contributed by atoms with E-state index in [0.717, 1.165) is 18.8 Å². The van der Waals surface area contributed by atoms with Gasteiger partial charge >= 0.3 is 18.9 Å². The van der Waals surface area contributed by atoms with Gasteiger partial charge in [0.15, 0.2) is 0 Å². The third kappa shape index (κ3) is 12.3. The fraction of sp³-hybridized carbons (Fsp3) is 0.769. The van der Waals surface area contributed by atoms with Gasteiger partial charge in [0, 0.05) is 0 Å². The Kier molecular flexibility index (Phi) is 16.0. The van der Waals surface area contributed by atoms with Crippen LogP contribution in [-0.2, 0) is 0 Å². The van der Waals surface area contributed by atoms with E-state index in [-0.39, 0.29) is 18.9 Å². The van der Waals surface area contributed by atoms with Crippen molar-refractivity contribution in [1.82, 2.24) is 0 Å². The summed E-state index contributed by atoms with van der Waals surface area (Å²) in [5.74, 6) is 0.920. The van der Waals surface area contributed by atoms with Crippen molar-refractivity contribution in [2.75, 3.05) is 0 Å². The summed E-state index contributed by atoms with van der Waals surface area (Å²) in [5.41, 5.74) is 0. The van der Waals surface area contributed by atoms with E-state index in [2.05, 4.69) is 32.9 Å². The molecule has 0 aromatic carbocycles. The van der Waals surface area contributed by atoms with Gasteiger partial charge in [-0.2, -0.15) is 6.42 Å². The van der Waals surface area contributed by atoms with Gasteiger partial charge in [0.05, 0.1) is 0 Å². The maximum Gasteiger partial charge on any atom is 1.00 e. The molecule has 14 heavy (non-hydrogen) atoms. The van der Waals surface area contributed by atoms with Crippen LogP contribution in [-0.4, -0.2) is 0 Å². The van der Waals surface area contributed by atoms with Crippen LogP contribution in [0.2, 0.25) is 0 Å². The van der Waals surface area contributed by atoms with Crippen LogP contribution >= 0.6 is 0 Å². The molecule has 0 aliphatic rings. The molecule has 0 nitrogen and oxygen atoms in total. The topological polar surface area (TPSA) is 0 Å². The zero-order chi connectivity index (χ0) is 9.94. The van der Waals surface area contributed by atoms with E-state index < -0.39 is 0 Å². The average molecular weight is 188 g/mol. The van der Waals surface area contributed by atoms with E-state index in [1.54, 1.807) is 0 Å². The molecule has 0 rings (SSSR count). The first-order valence-corrected chi connectivity index (χ1v) is 5.75. The van der Waals surface area contributed by atoms with Crippen molar-refractivity contribution in [3.8, 4) is 0 Å². The Labute approximate surface area is 103 Å². The van der Waals surface area contributed by atoms with Gasteiger partial charge in [-0.05, 0) is 18.8 Å². The zero-order valence-corrected chi connectivity index (χ0v) is 10.4. The first-order valence-electron chi connectivity index (χ1n) is 5.75. The number of unbranched alkanes of at least 4 members (excludes halogenated alkanes) is 3. The van der Waals surface area contributed by atoms with Gasteiger partial charge in [0.2, 0.25) is 0 Å². The molecule has 78 valence electrons. The normalized spacial score (nSPS) is 12.8. The van der Waals surface area contributed by atoms with Crippen molar-refractivity contribution < 1.29 is 18.9 Å². The minimum absolute atomic E-state index is 0. The molecule has 0 aliphatic heterocycles. The van der Waals surface area contributed by atoms with E-state index in [1.807, 2.05) is 0 Å². The molecule has 0 aromatic heterocycles. The second-order valence-corrected chi connectivity index (χ2v) is 3.91. The molecule has 0 saturated carbocycles. The van der Waals surface area contributed by atoms with Crippen molar-refractivity contribution in [3.63, 3.8) is 0 Å². The Morgan fingerprint density at radius 1 is 1.14 bits per heavy atom. The van der Waals surface area contributed by atoms with E-state index in [9.17, 15) is 0 Å². The quantitative estimate of drug-likeness (QED) is 0.236. The van der Waals surface area contributed by atoms with Crippen LogP contribution in [0.15, 0.2) is 12.2 Å². The minimum Gasteiger partial charge on any atom is -0.343 e. The second kappa shape index (κ2) is 13.3. The van der Waals surface area contributed by atoms with E-state index in [0.29, 0.717) is 0 Å². The summed E-state index contributed by atoms with van der Waals surface area (Å²) in [6.45, 7) is 8.43. The van der Waals surface area contributed by atoms with Gasteiger partial charge < -0.3 is 6.92 Å². The average Bonchev–Trinajstić information content (AvgIpc) is 2.16. The standard InChI is InChI=1S/C13H25.Li/c1-4-6-7-8-9-10-11-12-13(3)5-2;/h7-8,13H,1,4-6,9-12H2,2-3H3;/q-1;+1. The molecule has 0 radical (unpaired) electrons. The van der Waals surface area contributed by atoms with Crippen LogP contribution in [0.5, 0.6) is 0 Å². The Balaban J connectivity index is 0. The maximum atomic E-state index is 3.80. The van der Waals surface area contributed by atoms with Gasteiger partial charge in [0.1, 0.15) is 0 Å². The molecule has 0 aromatic rings. The van der Waals surface area contributed by atoms with Crippen molar-refractivity contribution in [3.05, 3.63) is 19.1 Å². The third-order valence-electron chi connectivity index (χ3n) is 2.55. The van der Waals surface area contributed by atoms with Gasteiger partial charge in [-0.15, -0.1) is 0 Å². The third-order valence-corrected chi connectivity index (χ3v) is 2.55. The summed E-state index contributed by atoms with van der Waals surface area (Å²) in [6.07, 6.45) is 13.5. The number of rotatable bonds is 8. The monoisotopic (exact) mass is 188 g/mol.